The van der Waals surface area contributed by atoms with Gasteiger partial charge in [0, 0.05) is 22.4 Å². The Morgan fingerprint density at radius 2 is 1.72 bits per heavy atom. The molecule has 3 nitrogen and oxygen atoms in total. The van der Waals surface area contributed by atoms with E-state index in [-0.39, 0.29) is 17.7 Å². The largest absolute Gasteiger partial charge is 0.293 e. The van der Waals surface area contributed by atoms with Crippen LogP contribution >= 0.6 is 34.8 Å². The number of rotatable bonds is 4. The van der Waals surface area contributed by atoms with Gasteiger partial charge in [-0.05, 0) is 35.9 Å². The minimum atomic E-state index is -0.138. The number of carbonyl (C=O) groups is 1. The van der Waals surface area contributed by atoms with Crippen molar-refractivity contribution < 1.29 is 4.79 Å². The number of nitrogens with zero attached hydrogens (tertiary/aromatic N) is 2. The zero-order chi connectivity index (χ0) is 18.1. The van der Waals surface area contributed by atoms with Crippen molar-refractivity contribution in [1.82, 2.24) is 0 Å². The minimum absolute atomic E-state index is 0.0408. The number of ketones is 1. The molecule has 0 amide bonds. The van der Waals surface area contributed by atoms with Gasteiger partial charge in [0.15, 0.2) is 5.78 Å². The third-order valence-electron chi connectivity index (χ3n) is 4.36. The normalized spacial score (nSPS) is 19.9. The molecule has 130 valence electrons. The van der Waals surface area contributed by atoms with Crippen molar-refractivity contribution in [2.45, 2.75) is 26.3 Å². The third kappa shape index (κ3) is 3.55. The molecule has 0 fully saturated rings. The van der Waals surface area contributed by atoms with Crippen LogP contribution in [0.5, 0.6) is 0 Å². The standard InChI is InChI=1S/C19H17Cl3N2O/c1-3-17(25)18-11(2)19(12-4-6-13(20)7-5-12)24(23-18)16-9-8-14(21)10-15(16)22/h4-11,19H,3H2,1-2H3. The summed E-state index contributed by atoms with van der Waals surface area (Å²) in [6.45, 7) is 3.85. The van der Waals surface area contributed by atoms with Gasteiger partial charge in [0.1, 0.15) is 5.71 Å². The Labute approximate surface area is 162 Å². The molecule has 25 heavy (non-hydrogen) atoms. The maximum absolute atomic E-state index is 12.3. The summed E-state index contributed by atoms with van der Waals surface area (Å²) >= 11 is 18.4. The van der Waals surface area contributed by atoms with Crippen LogP contribution < -0.4 is 5.01 Å². The van der Waals surface area contributed by atoms with Crippen molar-refractivity contribution in [2.24, 2.45) is 11.0 Å². The number of carbonyl (C=O) groups excluding carboxylic acids is 1. The van der Waals surface area contributed by atoms with Crippen LogP contribution in [-0.2, 0) is 4.79 Å². The summed E-state index contributed by atoms with van der Waals surface area (Å²) in [6.07, 6.45) is 0.415. The van der Waals surface area contributed by atoms with Gasteiger partial charge in [-0.2, -0.15) is 5.10 Å². The number of halogens is 3. The minimum Gasteiger partial charge on any atom is -0.293 e. The van der Waals surface area contributed by atoms with Crippen molar-refractivity contribution in [3.05, 3.63) is 63.1 Å². The zero-order valence-corrected chi connectivity index (χ0v) is 16.1. The first-order valence-corrected chi connectivity index (χ1v) is 9.17. The molecule has 2 aromatic carbocycles. The summed E-state index contributed by atoms with van der Waals surface area (Å²) in [5.41, 5.74) is 2.30. The lowest BCUT2D eigenvalue weighted by Gasteiger charge is -2.27. The van der Waals surface area contributed by atoms with Gasteiger partial charge in [-0.25, -0.2) is 0 Å². The Balaban J connectivity index is 2.10. The predicted octanol–water partition coefficient (Wildman–Crippen LogP) is 6.18. The van der Waals surface area contributed by atoms with Crippen LogP contribution in [0.2, 0.25) is 15.1 Å². The van der Waals surface area contributed by atoms with E-state index < -0.39 is 0 Å². The van der Waals surface area contributed by atoms with E-state index in [9.17, 15) is 4.79 Å². The molecule has 1 aliphatic heterocycles. The number of benzene rings is 2. The maximum Gasteiger partial charge on any atom is 0.178 e. The van der Waals surface area contributed by atoms with Crippen LogP contribution in [0.1, 0.15) is 31.9 Å². The molecular formula is C19H17Cl3N2O. The second-order valence-corrected chi connectivity index (χ2v) is 7.27. The molecule has 3 rings (SSSR count). The van der Waals surface area contributed by atoms with Gasteiger partial charge in [0.05, 0.1) is 16.8 Å². The van der Waals surface area contributed by atoms with Gasteiger partial charge < -0.3 is 0 Å². The van der Waals surface area contributed by atoms with E-state index >= 15 is 0 Å². The van der Waals surface area contributed by atoms with Gasteiger partial charge in [0.2, 0.25) is 0 Å². The first kappa shape index (κ1) is 18.2. The highest BCUT2D eigenvalue weighted by Crippen LogP contribution is 2.42. The summed E-state index contributed by atoms with van der Waals surface area (Å²) in [5.74, 6) is -0.0283. The fraction of sp³-hybridized carbons (Fsp3) is 0.263. The molecule has 0 aromatic heterocycles. The average molecular weight is 396 g/mol. The maximum atomic E-state index is 12.3. The molecule has 0 bridgehead atoms. The molecule has 1 aliphatic rings. The van der Waals surface area contributed by atoms with E-state index in [1.54, 1.807) is 12.1 Å². The third-order valence-corrected chi connectivity index (χ3v) is 5.15. The number of hydrogen-bond donors (Lipinski definition) is 0. The van der Waals surface area contributed by atoms with Crippen molar-refractivity contribution in [1.29, 1.82) is 0 Å². The quantitative estimate of drug-likeness (QED) is 0.619. The summed E-state index contributed by atoms with van der Waals surface area (Å²) in [7, 11) is 0. The monoisotopic (exact) mass is 394 g/mol. The van der Waals surface area contributed by atoms with Gasteiger partial charge in [0.25, 0.3) is 0 Å². The second-order valence-electron chi connectivity index (χ2n) is 5.99. The van der Waals surface area contributed by atoms with Crippen LogP contribution in [0.4, 0.5) is 5.69 Å². The Kier molecular flexibility index (Phi) is 5.38. The van der Waals surface area contributed by atoms with E-state index in [2.05, 4.69) is 5.10 Å². The molecule has 2 aromatic rings. The van der Waals surface area contributed by atoms with Gasteiger partial charge in [-0.15, -0.1) is 0 Å². The lowest BCUT2D eigenvalue weighted by Crippen LogP contribution is -2.25. The van der Waals surface area contributed by atoms with E-state index in [4.69, 9.17) is 34.8 Å². The average Bonchev–Trinajstić information content (AvgIpc) is 2.92. The first-order chi connectivity index (χ1) is 11.9. The number of Topliss-reactive ketones (excluding diaryl/α,β-unsaturated/α-hetero) is 1. The molecule has 0 N–H and O–H groups in total. The van der Waals surface area contributed by atoms with E-state index in [1.807, 2.05) is 49.2 Å². The molecule has 1 heterocycles. The molecule has 6 heteroatoms. The molecular weight excluding hydrogens is 379 g/mol. The van der Waals surface area contributed by atoms with Gasteiger partial charge in [-0.3, -0.25) is 9.80 Å². The lowest BCUT2D eigenvalue weighted by atomic mass is 9.89. The topological polar surface area (TPSA) is 32.7 Å². The van der Waals surface area contributed by atoms with Crippen molar-refractivity contribution >= 4 is 52.0 Å². The van der Waals surface area contributed by atoms with Crippen molar-refractivity contribution in [2.75, 3.05) is 5.01 Å². The molecule has 0 saturated heterocycles. The van der Waals surface area contributed by atoms with Crippen molar-refractivity contribution in [3.63, 3.8) is 0 Å². The smallest absolute Gasteiger partial charge is 0.178 e. The number of anilines is 1. The van der Waals surface area contributed by atoms with E-state index in [0.29, 0.717) is 27.2 Å². The lowest BCUT2D eigenvalue weighted by molar-refractivity contribution is -0.112. The fourth-order valence-corrected chi connectivity index (χ4v) is 3.70. The Morgan fingerprint density at radius 3 is 2.32 bits per heavy atom. The molecule has 0 radical (unpaired) electrons. The summed E-state index contributed by atoms with van der Waals surface area (Å²) in [6, 6.07) is 12.7. The van der Waals surface area contributed by atoms with Crippen LogP contribution in [0, 0.1) is 5.92 Å². The molecule has 2 atom stereocenters. The van der Waals surface area contributed by atoms with Gasteiger partial charge >= 0.3 is 0 Å². The van der Waals surface area contributed by atoms with Crippen LogP contribution in [-0.4, -0.2) is 11.5 Å². The first-order valence-electron chi connectivity index (χ1n) is 8.03. The van der Waals surface area contributed by atoms with E-state index in [1.165, 1.54) is 0 Å². The summed E-state index contributed by atoms with van der Waals surface area (Å²) in [5, 5.41) is 8.15. The predicted molar refractivity (Wildman–Crippen MR) is 105 cm³/mol. The number of hydrogen-bond acceptors (Lipinski definition) is 3. The molecule has 0 saturated carbocycles. The van der Waals surface area contributed by atoms with Gasteiger partial charge in [-0.1, -0.05) is 60.8 Å². The zero-order valence-electron chi connectivity index (χ0n) is 13.8. The Morgan fingerprint density at radius 1 is 1.08 bits per heavy atom. The van der Waals surface area contributed by atoms with Crippen LogP contribution in [0.25, 0.3) is 0 Å². The highest BCUT2D eigenvalue weighted by Gasteiger charge is 2.39. The molecule has 2 unspecified atom stereocenters. The Hall–Kier alpha value is -1.55. The summed E-state index contributed by atoms with van der Waals surface area (Å²) in [4.78, 5) is 12.3. The van der Waals surface area contributed by atoms with Crippen molar-refractivity contribution in [3.8, 4) is 0 Å². The SMILES string of the molecule is CCC(=O)C1=NN(c2ccc(Cl)cc2Cl)C(c2ccc(Cl)cc2)C1C. The Bertz CT molecular complexity index is 833. The highest BCUT2D eigenvalue weighted by molar-refractivity contribution is 6.41. The van der Waals surface area contributed by atoms with E-state index in [0.717, 1.165) is 11.3 Å². The highest BCUT2D eigenvalue weighted by atomic mass is 35.5. The molecule has 0 spiro atoms. The fourth-order valence-electron chi connectivity index (χ4n) is 3.08. The summed E-state index contributed by atoms with van der Waals surface area (Å²) < 4.78 is 0. The van der Waals surface area contributed by atoms with Crippen LogP contribution in [0.3, 0.4) is 0 Å². The molecule has 0 aliphatic carbocycles. The number of hydrazone groups is 1. The second kappa shape index (κ2) is 7.36. The van der Waals surface area contributed by atoms with Crippen LogP contribution in [0.15, 0.2) is 47.6 Å².